The highest BCUT2D eigenvalue weighted by Crippen LogP contribution is 2.41. The van der Waals surface area contributed by atoms with Crippen molar-refractivity contribution in [2.24, 2.45) is 0 Å². The summed E-state index contributed by atoms with van der Waals surface area (Å²) >= 11 is 0. The van der Waals surface area contributed by atoms with E-state index in [9.17, 15) is 12.8 Å². The molecule has 3 heterocycles. The first-order valence-corrected chi connectivity index (χ1v) is 10.8. The number of halogens is 1. The average molecular weight is 385 g/mol. The lowest BCUT2D eigenvalue weighted by Gasteiger charge is -2.38. The first-order valence-electron chi connectivity index (χ1n) is 9.34. The van der Waals surface area contributed by atoms with Gasteiger partial charge in [-0.3, -0.25) is 4.90 Å². The van der Waals surface area contributed by atoms with Gasteiger partial charge in [0.15, 0.2) is 0 Å². The maximum absolute atomic E-state index is 13.5. The maximum Gasteiger partial charge on any atom is 0.206 e. The fourth-order valence-corrected chi connectivity index (χ4v) is 5.73. The molecule has 1 saturated heterocycles. The molecule has 0 radical (unpaired) electrons. The molecule has 0 saturated carbocycles. The second kappa shape index (κ2) is 6.17. The molecule has 27 heavy (non-hydrogen) atoms. The Morgan fingerprint density at radius 1 is 1.04 bits per heavy atom. The highest BCUT2D eigenvalue weighted by atomic mass is 32.2. The van der Waals surface area contributed by atoms with Crippen molar-refractivity contribution in [1.29, 1.82) is 0 Å². The van der Waals surface area contributed by atoms with Gasteiger partial charge in [0.05, 0.1) is 15.8 Å². The van der Waals surface area contributed by atoms with Gasteiger partial charge in [0.1, 0.15) is 17.2 Å². The minimum absolute atomic E-state index is 0.0448. The third-order valence-corrected chi connectivity index (χ3v) is 7.53. The average Bonchev–Trinajstić information content (AvgIpc) is 3.06. The number of fused-ring (bicyclic) bond motifs is 5. The summed E-state index contributed by atoms with van der Waals surface area (Å²) in [5, 5.41) is 0.994. The summed E-state index contributed by atoms with van der Waals surface area (Å²) in [6.45, 7) is 2.12. The van der Waals surface area contributed by atoms with Crippen LogP contribution in [0.3, 0.4) is 0 Å². The molecule has 140 valence electrons. The summed E-state index contributed by atoms with van der Waals surface area (Å²) in [6, 6.07) is 10.4. The van der Waals surface area contributed by atoms with Gasteiger partial charge in [-0.25, -0.2) is 12.8 Å². The number of hydrogen-bond donors (Lipinski definition) is 0. The lowest BCUT2D eigenvalue weighted by atomic mass is 9.91. The minimum atomic E-state index is -3.79. The van der Waals surface area contributed by atoms with Crippen LogP contribution in [0, 0.1) is 5.82 Å². The highest BCUT2D eigenvalue weighted by Gasteiger charge is 2.34. The van der Waals surface area contributed by atoms with Crippen LogP contribution < -0.4 is 0 Å². The molecule has 4 nitrogen and oxygen atoms in total. The molecule has 0 amide bonds. The molecule has 1 fully saturated rings. The van der Waals surface area contributed by atoms with Crippen molar-refractivity contribution in [3.63, 3.8) is 0 Å². The molecule has 0 spiro atoms. The number of piperidine rings is 1. The van der Waals surface area contributed by atoms with E-state index in [4.69, 9.17) is 4.42 Å². The number of furan rings is 1. The van der Waals surface area contributed by atoms with Crippen LogP contribution in [0.1, 0.15) is 36.6 Å². The predicted octanol–water partition coefficient (Wildman–Crippen LogP) is 4.49. The van der Waals surface area contributed by atoms with E-state index in [0.717, 1.165) is 43.1 Å². The van der Waals surface area contributed by atoms with Crippen molar-refractivity contribution in [3.05, 3.63) is 59.6 Å². The number of hydrogen-bond acceptors (Lipinski definition) is 4. The van der Waals surface area contributed by atoms with E-state index < -0.39 is 15.7 Å². The number of rotatable bonds is 2. The summed E-state index contributed by atoms with van der Waals surface area (Å²) in [4.78, 5) is 2.56. The molecule has 0 N–H and O–H groups in total. The molecule has 5 rings (SSSR count). The van der Waals surface area contributed by atoms with E-state index >= 15 is 0 Å². The van der Waals surface area contributed by atoms with Crippen LogP contribution >= 0.6 is 0 Å². The van der Waals surface area contributed by atoms with Crippen LogP contribution in [0.4, 0.5) is 4.39 Å². The van der Waals surface area contributed by atoms with E-state index in [1.54, 1.807) is 12.1 Å². The zero-order chi connectivity index (χ0) is 18.6. The summed E-state index contributed by atoms with van der Waals surface area (Å²) in [6.07, 6.45) is 4.43. The van der Waals surface area contributed by atoms with Gasteiger partial charge in [0.2, 0.25) is 9.84 Å². The van der Waals surface area contributed by atoms with E-state index in [1.807, 2.05) is 6.07 Å². The predicted molar refractivity (Wildman–Crippen MR) is 99.9 cm³/mol. The van der Waals surface area contributed by atoms with E-state index in [2.05, 4.69) is 4.90 Å². The van der Waals surface area contributed by atoms with Crippen molar-refractivity contribution in [2.45, 2.75) is 41.5 Å². The Morgan fingerprint density at radius 2 is 1.89 bits per heavy atom. The highest BCUT2D eigenvalue weighted by molar-refractivity contribution is 7.91. The Bertz CT molecular complexity index is 1140. The molecular formula is C21H20FNO3S. The Morgan fingerprint density at radius 3 is 2.74 bits per heavy atom. The molecule has 2 aliphatic heterocycles. The summed E-state index contributed by atoms with van der Waals surface area (Å²) < 4.78 is 45.4. The van der Waals surface area contributed by atoms with Crippen LogP contribution in [-0.4, -0.2) is 26.4 Å². The van der Waals surface area contributed by atoms with E-state index in [1.165, 1.54) is 36.6 Å². The van der Waals surface area contributed by atoms with Crippen LogP contribution in [0.15, 0.2) is 56.7 Å². The fourth-order valence-electron chi connectivity index (χ4n) is 4.42. The van der Waals surface area contributed by atoms with Crippen LogP contribution in [0.2, 0.25) is 0 Å². The zero-order valence-corrected chi connectivity index (χ0v) is 15.6. The van der Waals surface area contributed by atoms with Gasteiger partial charge < -0.3 is 4.42 Å². The van der Waals surface area contributed by atoms with Crippen LogP contribution in [-0.2, 0) is 16.3 Å². The van der Waals surface area contributed by atoms with Crippen LogP contribution in [0.25, 0.3) is 11.0 Å². The Hall–Kier alpha value is -2.18. The van der Waals surface area contributed by atoms with Crippen molar-refractivity contribution in [1.82, 2.24) is 4.90 Å². The third-order valence-electron chi connectivity index (χ3n) is 5.78. The first-order chi connectivity index (χ1) is 13.0. The second-order valence-electron chi connectivity index (χ2n) is 7.36. The van der Waals surface area contributed by atoms with Crippen LogP contribution in [0.5, 0.6) is 0 Å². The molecule has 1 aromatic heterocycles. The van der Waals surface area contributed by atoms with Gasteiger partial charge in [-0.05, 0) is 56.1 Å². The molecule has 0 aliphatic carbocycles. The summed E-state index contributed by atoms with van der Waals surface area (Å²) in [7, 11) is -3.79. The van der Waals surface area contributed by atoms with Gasteiger partial charge >= 0.3 is 0 Å². The quantitative estimate of drug-likeness (QED) is 0.652. The van der Waals surface area contributed by atoms with Crippen molar-refractivity contribution < 1.29 is 17.2 Å². The normalized spacial score (nSPS) is 20.4. The molecule has 1 atom stereocenters. The molecule has 1 unspecified atom stereocenters. The lowest BCUT2D eigenvalue weighted by Crippen LogP contribution is -2.38. The third kappa shape index (κ3) is 2.70. The molecule has 2 aromatic carbocycles. The van der Waals surface area contributed by atoms with Gasteiger partial charge in [-0.15, -0.1) is 0 Å². The Labute approximate surface area is 157 Å². The smallest absolute Gasteiger partial charge is 0.206 e. The van der Waals surface area contributed by atoms with E-state index in [-0.39, 0.29) is 9.79 Å². The molecular weight excluding hydrogens is 365 g/mol. The molecule has 3 aromatic rings. The first kappa shape index (κ1) is 17.0. The minimum Gasteiger partial charge on any atom is -0.459 e. The topological polar surface area (TPSA) is 50.5 Å². The SMILES string of the molecule is O=S(=O)(c1cccc(F)c1)c1ccc2c3c(oc2c1)C1CCCCN1CC3. The molecule has 6 heteroatoms. The summed E-state index contributed by atoms with van der Waals surface area (Å²) in [5.41, 5.74) is 1.81. The Balaban J connectivity index is 1.61. The zero-order valence-electron chi connectivity index (χ0n) is 14.8. The van der Waals surface area contributed by atoms with Crippen molar-refractivity contribution in [3.8, 4) is 0 Å². The van der Waals surface area contributed by atoms with Gasteiger partial charge in [-0.2, -0.15) is 0 Å². The van der Waals surface area contributed by atoms with Gasteiger partial charge in [0, 0.05) is 23.6 Å². The fraction of sp³-hybridized carbons (Fsp3) is 0.333. The number of benzene rings is 2. The van der Waals surface area contributed by atoms with Crippen molar-refractivity contribution >= 4 is 20.8 Å². The monoisotopic (exact) mass is 385 g/mol. The largest absolute Gasteiger partial charge is 0.459 e. The standard InChI is InChI=1S/C21H20FNO3S/c22-14-4-3-5-15(12-14)27(24,25)16-7-8-17-18-9-11-23-10-2-1-6-19(23)21(18)26-20(17)13-16/h3-5,7-8,12-13,19H,1-2,6,9-11H2. The summed E-state index contributed by atoms with van der Waals surface area (Å²) in [5.74, 6) is 0.430. The number of nitrogens with zero attached hydrogens (tertiary/aromatic N) is 1. The second-order valence-corrected chi connectivity index (χ2v) is 9.31. The molecule has 2 aliphatic rings. The van der Waals surface area contributed by atoms with Gasteiger partial charge in [-0.1, -0.05) is 12.5 Å². The van der Waals surface area contributed by atoms with Crippen molar-refractivity contribution in [2.75, 3.05) is 13.1 Å². The molecule has 0 bridgehead atoms. The van der Waals surface area contributed by atoms with Gasteiger partial charge in [0.25, 0.3) is 0 Å². The maximum atomic E-state index is 13.5. The lowest BCUT2D eigenvalue weighted by molar-refractivity contribution is 0.120. The Kier molecular flexibility index (Phi) is 3.88. The van der Waals surface area contributed by atoms with E-state index in [0.29, 0.717) is 11.6 Å². The number of sulfone groups is 1.